The number of aryl methyl sites for hydroxylation is 2. The van der Waals surface area contributed by atoms with E-state index < -0.39 is 0 Å². The van der Waals surface area contributed by atoms with Gasteiger partial charge >= 0.3 is 0 Å². The molecule has 0 bridgehead atoms. The molecule has 0 unspecified atom stereocenters. The Bertz CT molecular complexity index is 778. The van der Waals surface area contributed by atoms with Crippen LogP contribution < -0.4 is 5.56 Å². The van der Waals surface area contributed by atoms with Gasteiger partial charge in [-0.1, -0.05) is 0 Å². The summed E-state index contributed by atoms with van der Waals surface area (Å²) in [7, 11) is 0. The molecule has 0 aromatic carbocycles. The fourth-order valence-corrected chi connectivity index (χ4v) is 4.86. The van der Waals surface area contributed by atoms with Crippen LogP contribution in [0.1, 0.15) is 36.5 Å². The molecule has 1 saturated heterocycles. The Hall–Kier alpha value is -1.24. The van der Waals surface area contributed by atoms with E-state index in [2.05, 4.69) is 23.7 Å². The fraction of sp³-hybridized carbons (Fsp3) is 0.625. The van der Waals surface area contributed by atoms with Gasteiger partial charge < -0.3 is 9.72 Å². The monoisotopic (exact) mass is 319 g/mol. The van der Waals surface area contributed by atoms with Crippen LogP contribution in [-0.2, 0) is 24.1 Å². The van der Waals surface area contributed by atoms with Crippen LogP contribution in [0.5, 0.6) is 0 Å². The third kappa shape index (κ3) is 2.49. The molecule has 1 aliphatic heterocycles. The quantitative estimate of drug-likeness (QED) is 0.921. The lowest BCUT2D eigenvalue weighted by atomic mass is 10.1. The van der Waals surface area contributed by atoms with E-state index in [-0.39, 0.29) is 11.2 Å². The molecule has 2 aromatic rings. The molecule has 22 heavy (non-hydrogen) atoms. The molecular weight excluding hydrogens is 298 g/mol. The maximum atomic E-state index is 12.5. The van der Waals surface area contributed by atoms with E-state index in [1.165, 1.54) is 16.9 Å². The summed E-state index contributed by atoms with van der Waals surface area (Å²) in [5.74, 6) is 0.773. The summed E-state index contributed by atoms with van der Waals surface area (Å²) in [6.45, 7) is 7.35. The molecule has 1 aliphatic carbocycles. The summed E-state index contributed by atoms with van der Waals surface area (Å²) < 4.78 is 5.74. The van der Waals surface area contributed by atoms with E-state index in [0.717, 1.165) is 48.6 Å². The minimum absolute atomic E-state index is 0.0342. The van der Waals surface area contributed by atoms with E-state index in [1.807, 2.05) is 0 Å². The van der Waals surface area contributed by atoms with E-state index in [4.69, 9.17) is 9.72 Å². The Morgan fingerprint density at radius 2 is 2.27 bits per heavy atom. The van der Waals surface area contributed by atoms with Gasteiger partial charge in [0.25, 0.3) is 5.56 Å². The van der Waals surface area contributed by atoms with E-state index in [1.54, 1.807) is 11.3 Å². The maximum absolute atomic E-state index is 12.5. The molecule has 118 valence electrons. The van der Waals surface area contributed by atoms with Gasteiger partial charge in [0.05, 0.1) is 24.1 Å². The molecule has 0 radical (unpaired) electrons. The first kappa shape index (κ1) is 14.4. The van der Waals surface area contributed by atoms with Crippen molar-refractivity contribution in [1.82, 2.24) is 14.9 Å². The number of nitrogens with one attached hydrogen (secondary N) is 1. The number of aromatic amines is 1. The smallest absolute Gasteiger partial charge is 0.259 e. The summed E-state index contributed by atoms with van der Waals surface area (Å²) in [6.07, 6.45) is 3.29. The number of thiophene rings is 1. The van der Waals surface area contributed by atoms with Crippen LogP contribution in [0.3, 0.4) is 0 Å². The second-order valence-electron chi connectivity index (χ2n) is 6.87. The van der Waals surface area contributed by atoms with Crippen molar-refractivity contribution in [2.45, 2.75) is 45.3 Å². The van der Waals surface area contributed by atoms with Crippen molar-refractivity contribution in [3.63, 3.8) is 0 Å². The van der Waals surface area contributed by atoms with E-state index >= 15 is 0 Å². The van der Waals surface area contributed by atoms with Crippen molar-refractivity contribution in [1.29, 1.82) is 0 Å². The van der Waals surface area contributed by atoms with Crippen molar-refractivity contribution < 1.29 is 4.74 Å². The standard InChI is InChI=1S/C16H21N3O2S/c1-16(2)9-19(6-7-21-16)8-12-17-14(20)13-10-4-3-5-11(10)22-15(13)18-12/h3-9H2,1-2H3,(H,17,18,20). The normalized spacial score (nSPS) is 21.4. The molecule has 1 fully saturated rings. The highest BCUT2D eigenvalue weighted by molar-refractivity contribution is 7.18. The van der Waals surface area contributed by atoms with Gasteiger partial charge in [-0.15, -0.1) is 11.3 Å². The lowest BCUT2D eigenvalue weighted by Gasteiger charge is -2.37. The molecule has 1 N–H and O–H groups in total. The first-order chi connectivity index (χ1) is 10.5. The number of nitrogens with zero attached hydrogens (tertiary/aromatic N) is 2. The van der Waals surface area contributed by atoms with Crippen molar-refractivity contribution in [2.24, 2.45) is 0 Å². The summed E-state index contributed by atoms with van der Waals surface area (Å²) >= 11 is 1.70. The highest BCUT2D eigenvalue weighted by Gasteiger charge is 2.28. The molecule has 0 spiro atoms. The van der Waals surface area contributed by atoms with E-state index in [0.29, 0.717) is 6.54 Å². The minimum Gasteiger partial charge on any atom is -0.373 e. The average molecular weight is 319 g/mol. The highest BCUT2D eigenvalue weighted by Crippen LogP contribution is 2.34. The fourth-order valence-electron chi connectivity index (χ4n) is 3.58. The number of morpholine rings is 1. The van der Waals surface area contributed by atoms with Crippen molar-refractivity contribution in [3.8, 4) is 0 Å². The lowest BCUT2D eigenvalue weighted by Crippen LogP contribution is -2.48. The van der Waals surface area contributed by atoms with Gasteiger partial charge in [-0.3, -0.25) is 9.69 Å². The molecule has 2 aliphatic rings. The number of H-pyrrole nitrogens is 1. The van der Waals surface area contributed by atoms with Crippen molar-refractivity contribution in [3.05, 3.63) is 26.6 Å². The number of hydrogen-bond acceptors (Lipinski definition) is 5. The van der Waals surface area contributed by atoms with Crippen LogP contribution in [0, 0.1) is 0 Å². The molecule has 6 heteroatoms. The first-order valence-corrected chi connectivity index (χ1v) is 8.73. The highest BCUT2D eigenvalue weighted by atomic mass is 32.1. The largest absolute Gasteiger partial charge is 0.373 e. The maximum Gasteiger partial charge on any atom is 0.259 e. The van der Waals surface area contributed by atoms with Gasteiger partial charge in [0.15, 0.2) is 0 Å². The number of hydrogen-bond donors (Lipinski definition) is 1. The summed E-state index contributed by atoms with van der Waals surface area (Å²) in [6, 6.07) is 0. The van der Waals surface area contributed by atoms with Gasteiger partial charge in [0.1, 0.15) is 10.7 Å². The number of fused-ring (bicyclic) bond motifs is 3. The molecule has 0 amide bonds. The van der Waals surface area contributed by atoms with Crippen LogP contribution in [0.2, 0.25) is 0 Å². The Morgan fingerprint density at radius 1 is 1.41 bits per heavy atom. The van der Waals surface area contributed by atoms with Gasteiger partial charge in [0, 0.05) is 18.0 Å². The van der Waals surface area contributed by atoms with Crippen LogP contribution >= 0.6 is 11.3 Å². The zero-order valence-electron chi connectivity index (χ0n) is 13.1. The molecule has 4 rings (SSSR count). The minimum atomic E-state index is -0.132. The predicted octanol–water partition coefficient (Wildman–Crippen LogP) is 2.08. The van der Waals surface area contributed by atoms with Crippen LogP contribution in [0.25, 0.3) is 10.2 Å². The SMILES string of the molecule is CC1(C)CN(Cc2nc3sc4c(c3c(=O)[nH]2)CCC4)CCO1. The van der Waals surface area contributed by atoms with Crippen LogP contribution in [-0.4, -0.2) is 40.2 Å². The van der Waals surface area contributed by atoms with E-state index in [9.17, 15) is 4.79 Å². The third-order valence-electron chi connectivity index (χ3n) is 4.50. The van der Waals surface area contributed by atoms with Gasteiger partial charge in [-0.25, -0.2) is 4.98 Å². The predicted molar refractivity (Wildman–Crippen MR) is 87.6 cm³/mol. The van der Waals surface area contributed by atoms with Crippen molar-refractivity contribution in [2.75, 3.05) is 19.7 Å². The topological polar surface area (TPSA) is 58.2 Å². The third-order valence-corrected chi connectivity index (χ3v) is 5.69. The van der Waals surface area contributed by atoms with Gasteiger partial charge in [-0.2, -0.15) is 0 Å². The number of aromatic nitrogens is 2. The van der Waals surface area contributed by atoms with Crippen LogP contribution in [0.15, 0.2) is 4.79 Å². The summed E-state index contributed by atoms with van der Waals surface area (Å²) in [5, 5.41) is 0.837. The van der Waals surface area contributed by atoms with Gasteiger partial charge in [-0.05, 0) is 38.7 Å². The second-order valence-corrected chi connectivity index (χ2v) is 7.95. The summed E-state index contributed by atoms with van der Waals surface area (Å²) in [4.78, 5) is 24.7. The lowest BCUT2D eigenvalue weighted by molar-refractivity contribution is -0.0887. The Balaban J connectivity index is 1.64. The Kier molecular flexibility index (Phi) is 3.36. The first-order valence-electron chi connectivity index (χ1n) is 7.92. The molecule has 0 saturated carbocycles. The van der Waals surface area contributed by atoms with Crippen LogP contribution in [0.4, 0.5) is 0 Å². The Labute approximate surface area is 133 Å². The zero-order valence-corrected chi connectivity index (χ0v) is 13.9. The van der Waals surface area contributed by atoms with Gasteiger partial charge in [0.2, 0.25) is 0 Å². The average Bonchev–Trinajstić information content (AvgIpc) is 2.96. The number of rotatable bonds is 2. The molecular formula is C16H21N3O2S. The molecule has 2 aromatic heterocycles. The molecule has 0 atom stereocenters. The second kappa shape index (κ2) is 5.15. The van der Waals surface area contributed by atoms with Crippen molar-refractivity contribution >= 4 is 21.6 Å². The summed E-state index contributed by atoms with van der Waals surface area (Å²) in [5.41, 5.74) is 1.15. The molecule has 3 heterocycles. The zero-order chi connectivity index (χ0) is 15.3. The Morgan fingerprint density at radius 3 is 3.09 bits per heavy atom. The number of ether oxygens (including phenoxy) is 1. The molecule has 5 nitrogen and oxygen atoms in total.